The van der Waals surface area contributed by atoms with Crippen molar-refractivity contribution >= 4 is 22.7 Å². The molecule has 0 amide bonds. The van der Waals surface area contributed by atoms with E-state index in [1.807, 2.05) is 48.5 Å². The number of carbonyl (C=O) groups excluding carboxylic acids is 1. The van der Waals surface area contributed by atoms with Crippen LogP contribution >= 0.6 is 0 Å². The predicted octanol–water partition coefficient (Wildman–Crippen LogP) is 4.09. The van der Waals surface area contributed by atoms with E-state index in [2.05, 4.69) is 15.3 Å². The highest BCUT2D eigenvalue weighted by molar-refractivity contribution is 5.98. The van der Waals surface area contributed by atoms with Crippen molar-refractivity contribution in [2.75, 3.05) is 12.4 Å². The first-order chi connectivity index (χ1) is 13.7. The number of fused-ring (bicyclic) bond motifs is 1. The molecule has 2 heterocycles. The van der Waals surface area contributed by atoms with Crippen LogP contribution in [0.15, 0.2) is 73.1 Å². The van der Waals surface area contributed by atoms with Crippen LogP contribution in [-0.2, 0) is 11.3 Å². The van der Waals surface area contributed by atoms with Gasteiger partial charge in [-0.3, -0.25) is 4.98 Å². The van der Waals surface area contributed by atoms with E-state index in [-0.39, 0.29) is 0 Å². The zero-order valence-electron chi connectivity index (χ0n) is 15.3. The number of rotatable bonds is 5. The minimum absolute atomic E-state index is 0.394. The molecule has 6 nitrogen and oxygen atoms in total. The van der Waals surface area contributed by atoms with Crippen LogP contribution in [0.3, 0.4) is 0 Å². The van der Waals surface area contributed by atoms with E-state index < -0.39 is 5.97 Å². The Bertz CT molecular complexity index is 1120. The van der Waals surface area contributed by atoms with E-state index >= 15 is 0 Å². The molecule has 6 heteroatoms. The zero-order valence-corrected chi connectivity index (χ0v) is 15.3. The SMILES string of the molecule is COC(=O)c1ccc2nc(-c3ccncc3)nc(NCc3ccccc3)c2c1. The van der Waals surface area contributed by atoms with Gasteiger partial charge in [0.2, 0.25) is 0 Å². The Kier molecular flexibility index (Phi) is 4.93. The number of anilines is 1. The number of nitrogens with one attached hydrogen (secondary N) is 1. The maximum absolute atomic E-state index is 11.9. The first-order valence-corrected chi connectivity index (χ1v) is 8.83. The topological polar surface area (TPSA) is 77.0 Å². The third kappa shape index (κ3) is 3.66. The minimum Gasteiger partial charge on any atom is -0.465 e. The average molecular weight is 370 g/mol. The standard InChI is InChI=1S/C22H18N4O2/c1-28-22(27)17-7-8-19-18(13-17)21(24-14-15-5-3-2-4-6-15)26-20(25-19)16-9-11-23-12-10-16/h2-13H,14H2,1H3,(H,24,25,26). The van der Waals surface area contributed by atoms with Crippen LogP contribution in [0.1, 0.15) is 15.9 Å². The Hall–Kier alpha value is -3.80. The van der Waals surface area contributed by atoms with Crippen molar-refractivity contribution in [3.05, 3.63) is 84.2 Å². The molecule has 0 aliphatic rings. The van der Waals surface area contributed by atoms with Gasteiger partial charge in [-0.15, -0.1) is 0 Å². The summed E-state index contributed by atoms with van der Waals surface area (Å²) in [4.78, 5) is 25.4. The van der Waals surface area contributed by atoms with E-state index in [0.29, 0.717) is 23.8 Å². The van der Waals surface area contributed by atoms with Gasteiger partial charge in [0, 0.05) is 29.9 Å². The molecule has 2 aromatic carbocycles. The average Bonchev–Trinajstić information content (AvgIpc) is 2.77. The zero-order chi connectivity index (χ0) is 19.3. The summed E-state index contributed by atoms with van der Waals surface area (Å²) in [6, 6.07) is 19.1. The van der Waals surface area contributed by atoms with Crippen molar-refractivity contribution in [2.24, 2.45) is 0 Å². The van der Waals surface area contributed by atoms with E-state index in [4.69, 9.17) is 9.72 Å². The number of benzene rings is 2. The molecular formula is C22H18N4O2. The Morgan fingerprint density at radius 2 is 1.79 bits per heavy atom. The Balaban J connectivity index is 1.80. The fraction of sp³-hybridized carbons (Fsp3) is 0.0909. The van der Waals surface area contributed by atoms with Crippen molar-refractivity contribution in [1.29, 1.82) is 0 Å². The Morgan fingerprint density at radius 3 is 2.54 bits per heavy atom. The van der Waals surface area contributed by atoms with Gasteiger partial charge in [-0.25, -0.2) is 14.8 Å². The summed E-state index contributed by atoms with van der Waals surface area (Å²) in [6.07, 6.45) is 3.42. The number of hydrogen-bond acceptors (Lipinski definition) is 6. The quantitative estimate of drug-likeness (QED) is 0.533. The van der Waals surface area contributed by atoms with Crippen LogP contribution < -0.4 is 5.32 Å². The second-order valence-corrected chi connectivity index (χ2v) is 6.19. The number of hydrogen-bond donors (Lipinski definition) is 1. The summed E-state index contributed by atoms with van der Waals surface area (Å²) in [7, 11) is 1.37. The Morgan fingerprint density at radius 1 is 1.00 bits per heavy atom. The minimum atomic E-state index is -0.394. The van der Waals surface area contributed by atoms with Crippen LogP contribution in [0.25, 0.3) is 22.3 Å². The number of pyridine rings is 1. The maximum atomic E-state index is 11.9. The molecule has 0 bridgehead atoms. The van der Waals surface area contributed by atoms with Crippen LogP contribution in [0.5, 0.6) is 0 Å². The summed E-state index contributed by atoms with van der Waals surface area (Å²) < 4.78 is 4.84. The number of esters is 1. The molecule has 0 unspecified atom stereocenters. The summed E-state index contributed by atoms with van der Waals surface area (Å²) in [6.45, 7) is 0.602. The number of aromatic nitrogens is 3. The van der Waals surface area contributed by atoms with Crippen molar-refractivity contribution in [1.82, 2.24) is 15.0 Å². The Labute approximate surface area is 162 Å². The van der Waals surface area contributed by atoms with Crippen molar-refractivity contribution in [2.45, 2.75) is 6.54 Å². The van der Waals surface area contributed by atoms with E-state index in [1.54, 1.807) is 24.5 Å². The predicted molar refractivity (Wildman–Crippen MR) is 108 cm³/mol. The molecule has 138 valence electrons. The van der Waals surface area contributed by atoms with Crippen LogP contribution in [-0.4, -0.2) is 28.0 Å². The van der Waals surface area contributed by atoms with E-state index in [9.17, 15) is 4.79 Å². The maximum Gasteiger partial charge on any atom is 0.337 e. The van der Waals surface area contributed by atoms with Crippen molar-refractivity contribution in [3.8, 4) is 11.4 Å². The molecule has 0 saturated heterocycles. The van der Waals surface area contributed by atoms with Crippen molar-refractivity contribution < 1.29 is 9.53 Å². The molecule has 2 aromatic heterocycles. The molecular weight excluding hydrogens is 352 g/mol. The summed E-state index contributed by atoms with van der Waals surface area (Å²) >= 11 is 0. The highest BCUT2D eigenvalue weighted by Gasteiger charge is 2.13. The molecule has 0 radical (unpaired) electrons. The second kappa shape index (κ2) is 7.84. The fourth-order valence-electron chi connectivity index (χ4n) is 2.92. The van der Waals surface area contributed by atoms with Gasteiger partial charge in [0.25, 0.3) is 0 Å². The summed E-state index contributed by atoms with van der Waals surface area (Å²) in [5, 5.41) is 4.14. The molecule has 0 spiro atoms. The first-order valence-electron chi connectivity index (χ1n) is 8.83. The van der Waals surface area contributed by atoms with Crippen LogP contribution in [0.2, 0.25) is 0 Å². The molecule has 4 aromatic rings. The van der Waals surface area contributed by atoms with E-state index in [1.165, 1.54) is 7.11 Å². The van der Waals surface area contributed by atoms with Gasteiger partial charge < -0.3 is 10.1 Å². The number of carbonyl (C=O) groups is 1. The molecule has 0 aliphatic heterocycles. The second-order valence-electron chi connectivity index (χ2n) is 6.19. The monoisotopic (exact) mass is 370 g/mol. The lowest BCUT2D eigenvalue weighted by Gasteiger charge is -2.12. The van der Waals surface area contributed by atoms with Gasteiger partial charge in [-0.1, -0.05) is 30.3 Å². The van der Waals surface area contributed by atoms with Gasteiger partial charge in [-0.05, 0) is 35.9 Å². The lowest BCUT2D eigenvalue weighted by atomic mass is 10.1. The van der Waals surface area contributed by atoms with Gasteiger partial charge in [0.15, 0.2) is 5.82 Å². The lowest BCUT2D eigenvalue weighted by molar-refractivity contribution is 0.0601. The lowest BCUT2D eigenvalue weighted by Crippen LogP contribution is -2.06. The fourth-order valence-corrected chi connectivity index (χ4v) is 2.92. The van der Waals surface area contributed by atoms with Gasteiger partial charge in [0.1, 0.15) is 5.82 Å². The van der Waals surface area contributed by atoms with Gasteiger partial charge >= 0.3 is 5.97 Å². The smallest absolute Gasteiger partial charge is 0.337 e. The van der Waals surface area contributed by atoms with Crippen LogP contribution in [0, 0.1) is 0 Å². The largest absolute Gasteiger partial charge is 0.465 e. The normalized spacial score (nSPS) is 10.6. The molecule has 28 heavy (non-hydrogen) atoms. The molecule has 0 aliphatic carbocycles. The molecule has 0 atom stereocenters. The first kappa shape index (κ1) is 17.6. The molecule has 0 fully saturated rings. The third-order valence-electron chi connectivity index (χ3n) is 4.36. The van der Waals surface area contributed by atoms with Crippen molar-refractivity contribution in [3.63, 3.8) is 0 Å². The van der Waals surface area contributed by atoms with Crippen LogP contribution in [0.4, 0.5) is 5.82 Å². The summed E-state index contributed by atoms with van der Waals surface area (Å²) in [5.74, 6) is 0.858. The van der Waals surface area contributed by atoms with Gasteiger partial charge in [-0.2, -0.15) is 0 Å². The van der Waals surface area contributed by atoms with E-state index in [0.717, 1.165) is 22.0 Å². The summed E-state index contributed by atoms with van der Waals surface area (Å²) in [5.41, 5.74) is 3.20. The number of methoxy groups -OCH3 is 1. The number of nitrogens with zero attached hydrogens (tertiary/aromatic N) is 3. The number of ether oxygens (including phenoxy) is 1. The molecule has 4 rings (SSSR count). The molecule has 0 saturated carbocycles. The highest BCUT2D eigenvalue weighted by atomic mass is 16.5. The molecule has 1 N–H and O–H groups in total. The highest BCUT2D eigenvalue weighted by Crippen LogP contribution is 2.26. The third-order valence-corrected chi connectivity index (χ3v) is 4.36. The van der Waals surface area contributed by atoms with Gasteiger partial charge in [0.05, 0.1) is 18.2 Å².